The van der Waals surface area contributed by atoms with Crippen LogP contribution < -0.4 is 19.9 Å². The monoisotopic (exact) mass is 855 g/mol. The van der Waals surface area contributed by atoms with Gasteiger partial charge in [0.1, 0.15) is 12.6 Å². The molecule has 5 N–H and O–H groups in total. The van der Waals surface area contributed by atoms with Crippen molar-refractivity contribution in [3.8, 4) is 17.6 Å². The number of hydrogen-bond donors (Lipinski definition) is 5. The molecule has 2 aromatic carbocycles. The summed E-state index contributed by atoms with van der Waals surface area (Å²) in [6, 6.07) is 14.2. The lowest BCUT2D eigenvalue weighted by Gasteiger charge is -2.22. The van der Waals surface area contributed by atoms with Crippen LogP contribution in [-0.2, 0) is 16.5 Å². The number of aromatic nitrogens is 4. The molecule has 0 spiro atoms. The van der Waals surface area contributed by atoms with E-state index in [0.717, 1.165) is 20.7 Å². The summed E-state index contributed by atoms with van der Waals surface area (Å²) >= 11 is 2.69. The number of aliphatic hydroxyl groups excluding tert-OH is 1. The number of hydrogen-bond acceptors (Lipinski definition) is 14. The van der Waals surface area contributed by atoms with E-state index in [9.17, 15) is 27.8 Å². The number of carboxylic acids is 1. The first-order valence-electron chi connectivity index (χ1n) is 18.6. The van der Waals surface area contributed by atoms with Gasteiger partial charge in [0, 0.05) is 23.4 Å². The van der Waals surface area contributed by atoms with Crippen molar-refractivity contribution in [2.75, 3.05) is 69.9 Å². The molecule has 58 heavy (non-hydrogen) atoms. The SMILES string of the molecule is Cc1cc(N(CCCC(O)C[NH+](C)CCCS(=O)(=O)O)c2nc(C(=O)O)c(CCCOc3ccc(C#CCN(C)C)cc3F)s2)nnc1Nc1nc2ccccc2s1. The first kappa shape index (κ1) is 44.3. The van der Waals surface area contributed by atoms with Crippen LogP contribution in [0.15, 0.2) is 48.5 Å². The van der Waals surface area contributed by atoms with E-state index in [1.165, 1.54) is 34.8 Å². The molecule has 0 aliphatic carbocycles. The Morgan fingerprint density at radius 3 is 2.59 bits per heavy atom. The standard InChI is InChI=1S/C39H47FN8O7S3/c1-26-23-34(44-45-36(26)43-38-41-30-13-5-6-14-32(30)56-38)48(20-8-12-28(49)25-47(4)19-10-22-58(52,53)54)39-42-35(37(50)51)33(57-39)15-9-21-55-31-17-16-27(24-29(31)40)11-7-18-46(2)3/h5-6,13-14,16-17,23-24,28,49H,8-10,12,15,18-22,25H2,1-4H3,(H,50,51)(H,41,43,45)(H,52,53,54)/p+1. The topological polar surface area (TPSA) is 196 Å². The number of aryl methyl sites for hydroxylation is 2. The highest BCUT2D eigenvalue weighted by Gasteiger charge is 2.24. The molecule has 0 saturated carbocycles. The van der Waals surface area contributed by atoms with Gasteiger partial charge < -0.3 is 30.1 Å². The number of fused-ring (bicyclic) bond motifs is 1. The van der Waals surface area contributed by atoms with E-state index >= 15 is 0 Å². The van der Waals surface area contributed by atoms with E-state index in [4.69, 9.17) is 9.29 Å². The Balaban J connectivity index is 1.29. The van der Waals surface area contributed by atoms with Gasteiger partial charge in [-0.05, 0) is 88.7 Å². The minimum atomic E-state index is -4.05. The summed E-state index contributed by atoms with van der Waals surface area (Å²) in [6.07, 6.45) is 1.11. The zero-order chi connectivity index (χ0) is 41.8. The van der Waals surface area contributed by atoms with Gasteiger partial charge >= 0.3 is 5.97 Å². The fourth-order valence-electron chi connectivity index (χ4n) is 5.91. The molecule has 5 rings (SSSR count). The predicted molar refractivity (Wildman–Crippen MR) is 224 cm³/mol. The van der Waals surface area contributed by atoms with Gasteiger partial charge in [-0.15, -0.1) is 21.5 Å². The highest BCUT2D eigenvalue weighted by Crippen LogP contribution is 2.34. The van der Waals surface area contributed by atoms with E-state index in [-0.39, 0.29) is 30.2 Å². The van der Waals surface area contributed by atoms with Gasteiger partial charge in [-0.1, -0.05) is 35.3 Å². The summed E-state index contributed by atoms with van der Waals surface area (Å²) in [5.74, 6) is 4.84. The maximum Gasteiger partial charge on any atom is 0.355 e. The summed E-state index contributed by atoms with van der Waals surface area (Å²) in [5, 5.41) is 34.2. The highest BCUT2D eigenvalue weighted by molar-refractivity contribution is 7.85. The molecule has 0 aliphatic heterocycles. The summed E-state index contributed by atoms with van der Waals surface area (Å²) < 4.78 is 52.7. The lowest BCUT2D eigenvalue weighted by Crippen LogP contribution is -3.10. The zero-order valence-electron chi connectivity index (χ0n) is 32.7. The van der Waals surface area contributed by atoms with E-state index in [1.54, 1.807) is 11.0 Å². The van der Waals surface area contributed by atoms with Crippen LogP contribution in [-0.4, -0.2) is 120 Å². The fraction of sp³-hybridized carbons (Fsp3) is 0.410. The molecule has 2 atom stereocenters. The van der Waals surface area contributed by atoms with Crippen molar-refractivity contribution in [3.63, 3.8) is 0 Å². The van der Waals surface area contributed by atoms with E-state index in [2.05, 4.69) is 37.3 Å². The fourth-order valence-corrected chi connectivity index (χ4v) is 8.41. The van der Waals surface area contributed by atoms with E-state index < -0.39 is 28.0 Å². The smallest absolute Gasteiger partial charge is 0.355 e. The Morgan fingerprint density at radius 2 is 1.88 bits per heavy atom. The lowest BCUT2D eigenvalue weighted by molar-refractivity contribution is -0.883. The number of carboxylic acid groups (broad SMARTS) is 1. The molecule has 3 heterocycles. The lowest BCUT2D eigenvalue weighted by atomic mass is 10.1. The van der Waals surface area contributed by atoms with Gasteiger partial charge in [-0.25, -0.2) is 19.2 Å². The average Bonchev–Trinajstić information content (AvgIpc) is 3.77. The largest absolute Gasteiger partial charge is 0.491 e. The second-order valence-corrected chi connectivity index (χ2v) is 17.7. The van der Waals surface area contributed by atoms with Crippen LogP contribution in [0, 0.1) is 24.6 Å². The minimum absolute atomic E-state index is 0.0795. The van der Waals surface area contributed by atoms with Gasteiger partial charge in [0.15, 0.2) is 39.2 Å². The second kappa shape index (κ2) is 20.7. The average molecular weight is 856 g/mol. The maximum absolute atomic E-state index is 14.8. The van der Waals surface area contributed by atoms with Crippen LogP contribution in [0.5, 0.6) is 5.75 Å². The number of nitrogens with one attached hydrogen (secondary N) is 2. The number of para-hydroxylation sites is 1. The Kier molecular flexibility index (Phi) is 15.8. The number of thiazole rings is 2. The third-order valence-corrected chi connectivity index (χ3v) is 11.7. The summed E-state index contributed by atoms with van der Waals surface area (Å²) in [6.45, 7) is 3.70. The molecule has 3 aromatic heterocycles. The highest BCUT2D eigenvalue weighted by atomic mass is 32.2. The number of benzene rings is 2. The predicted octanol–water partition coefficient (Wildman–Crippen LogP) is 4.43. The molecule has 0 fully saturated rings. The Morgan fingerprint density at radius 1 is 1.09 bits per heavy atom. The molecule has 19 heteroatoms. The number of likely N-dealkylation sites (N-methyl/N-ethyl adjacent to an activating group) is 1. The number of carbonyl (C=O) groups is 1. The molecule has 0 bridgehead atoms. The van der Waals surface area contributed by atoms with Crippen molar-refractivity contribution in [1.29, 1.82) is 0 Å². The van der Waals surface area contributed by atoms with Crippen molar-refractivity contribution < 1.29 is 42.0 Å². The molecule has 0 aliphatic rings. The van der Waals surface area contributed by atoms with Crippen LogP contribution in [0.2, 0.25) is 0 Å². The number of quaternary nitrogens is 1. The van der Waals surface area contributed by atoms with Crippen molar-refractivity contribution in [3.05, 3.63) is 76.0 Å². The zero-order valence-corrected chi connectivity index (χ0v) is 35.2. The summed E-state index contributed by atoms with van der Waals surface area (Å²) in [5.41, 5.74) is 2.05. The quantitative estimate of drug-likeness (QED) is 0.0395. The van der Waals surface area contributed by atoms with E-state index in [1.807, 2.05) is 63.3 Å². The molecule has 2 unspecified atom stereocenters. The summed E-state index contributed by atoms with van der Waals surface area (Å²) in [4.78, 5) is 26.7. The van der Waals surface area contributed by atoms with E-state index in [0.29, 0.717) is 84.2 Å². The van der Waals surface area contributed by atoms with Crippen LogP contribution >= 0.6 is 22.7 Å². The molecule has 0 saturated heterocycles. The van der Waals surface area contributed by atoms with Crippen molar-refractivity contribution >= 4 is 70.9 Å². The number of halogens is 1. The molecular formula is C39H48FN8O7S3+. The molecule has 0 radical (unpaired) electrons. The van der Waals surface area contributed by atoms with Crippen molar-refractivity contribution in [2.45, 2.75) is 45.1 Å². The van der Waals surface area contributed by atoms with Crippen LogP contribution in [0.1, 0.15) is 52.2 Å². The molecule has 310 valence electrons. The van der Waals surface area contributed by atoms with Crippen LogP contribution in [0.25, 0.3) is 10.2 Å². The Bertz CT molecular complexity index is 2310. The van der Waals surface area contributed by atoms with Crippen molar-refractivity contribution in [2.24, 2.45) is 0 Å². The number of aliphatic hydroxyl groups is 1. The maximum atomic E-state index is 14.8. The minimum Gasteiger partial charge on any atom is -0.491 e. The van der Waals surface area contributed by atoms with Crippen molar-refractivity contribution in [1.82, 2.24) is 25.1 Å². The third-order valence-electron chi connectivity index (χ3n) is 8.76. The van der Waals surface area contributed by atoms with Crippen LogP contribution in [0.4, 0.5) is 26.3 Å². The van der Waals surface area contributed by atoms with Gasteiger partial charge in [0.2, 0.25) is 0 Å². The third kappa shape index (κ3) is 13.4. The molecule has 15 nitrogen and oxygen atoms in total. The van der Waals surface area contributed by atoms with Gasteiger partial charge in [0.25, 0.3) is 10.1 Å². The number of nitrogens with zero attached hydrogens (tertiary/aromatic N) is 6. The molecule has 5 aromatic rings. The number of anilines is 4. The van der Waals surface area contributed by atoms with Gasteiger partial charge in [-0.2, -0.15) is 8.42 Å². The molecular weight excluding hydrogens is 808 g/mol. The Labute approximate surface area is 345 Å². The number of aromatic carboxylic acids is 1. The second-order valence-electron chi connectivity index (χ2n) is 14.1. The normalized spacial score (nSPS) is 12.6. The number of rotatable bonds is 21. The number of ether oxygens (including phenoxy) is 1. The van der Waals surface area contributed by atoms with Crippen LogP contribution in [0.3, 0.4) is 0 Å². The molecule has 0 amide bonds. The first-order chi connectivity index (χ1) is 27.6. The Hall–Kier alpha value is -4.81. The van der Waals surface area contributed by atoms with Gasteiger partial charge in [0.05, 0.1) is 42.7 Å². The first-order valence-corrected chi connectivity index (χ1v) is 21.9. The van der Waals surface area contributed by atoms with Gasteiger partial charge in [-0.3, -0.25) is 9.45 Å². The summed E-state index contributed by atoms with van der Waals surface area (Å²) in [7, 11) is 1.59.